The molecule has 0 bridgehead atoms. The van der Waals surface area contributed by atoms with Crippen molar-refractivity contribution in [2.24, 2.45) is 5.92 Å². The van der Waals surface area contributed by atoms with Crippen LogP contribution in [0.5, 0.6) is 0 Å². The highest BCUT2D eigenvalue weighted by molar-refractivity contribution is 7.93. The molecule has 2 aromatic carbocycles. The Labute approximate surface area is 149 Å². The smallest absolute Gasteiger partial charge is 0.270 e. The van der Waals surface area contributed by atoms with E-state index < -0.39 is 10.0 Å². The average Bonchev–Trinajstić information content (AvgIpc) is 2.63. The van der Waals surface area contributed by atoms with Crippen LogP contribution < -0.4 is 4.31 Å². The molecule has 1 aliphatic rings. The lowest BCUT2D eigenvalue weighted by molar-refractivity contribution is -0.122. The second-order valence-electron chi connectivity index (χ2n) is 6.59. The van der Waals surface area contributed by atoms with Gasteiger partial charge in [0.15, 0.2) is 0 Å². The molecular weight excluding hydrogens is 334 g/mol. The lowest BCUT2D eigenvalue weighted by atomic mass is 9.88. The van der Waals surface area contributed by atoms with Crippen LogP contribution >= 0.6 is 0 Å². The van der Waals surface area contributed by atoms with E-state index in [-0.39, 0.29) is 16.7 Å². The van der Waals surface area contributed by atoms with Gasteiger partial charge in [-0.15, -0.1) is 0 Å². The van der Waals surface area contributed by atoms with Crippen molar-refractivity contribution in [2.75, 3.05) is 4.31 Å². The van der Waals surface area contributed by atoms with E-state index in [1.165, 1.54) is 0 Å². The molecule has 0 atom stereocenters. The molecule has 3 rings (SSSR count). The Morgan fingerprint density at radius 3 is 2.12 bits per heavy atom. The van der Waals surface area contributed by atoms with Gasteiger partial charge in [0.1, 0.15) is 0 Å². The third kappa shape index (κ3) is 3.76. The number of carbonyl (C=O) groups is 1. The van der Waals surface area contributed by atoms with Gasteiger partial charge in [-0.3, -0.25) is 4.79 Å². The summed E-state index contributed by atoms with van der Waals surface area (Å²) in [5.74, 6) is -0.541. The number of para-hydroxylation sites is 1. The summed E-state index contributed by atoms with van der Waals surface area (Å²) < 4.78 is 27.5. The highest BCUT2D eigenvalue weighted by Gasteiger charge is 2.35. The van der Waals surface area contributed by atoms with Crippen molar-refractivity contribution in [2.45, 2.75) is 43.9 Å². The minimum atomic E-state index is -3.94. The Morgan fingerprint density at radius 2 is 1.52 bits per heavy atom. The fourth-order valence-corrected chi connectivity index (χ4v) is 4.75. The molecule has 5 heteroatoms. The number of carbonyl (C=O) groups excluding carboxylic acids is 1. The highest BCUT2D eigenvalue weighted by atomic mass is 32.2. The van der Waals surface area contributed by atoms with E-state index in [1.807, 2.05) is 13.0 Å². The number of hydrogen-bond acceptors (Lipinski definition) is 3. The van der Waals surface area contributed by atoms with Gasteiger partial charge in [0.2, 0.25) is 5.91 Å². The van der Waals surface area contributed by atoms with Crippen LogP contribution in [0.3, 0.4) is 0 Å². The van der Waals surface area contributed by atoms with E-state index in [2.05, 4.69) is 0 Å². The highest BCUT2D eigenvalue weighted by Crippen LogP contribution is 2.31. The lowest BCUT2D eigenvalue weighted by Gasteiger charge is -2.29. The Balaban J connectivity index is 2.04. The fraction of sp³-hybridized carbons (Fsp3) is 0.350. The van der Waals surface area contributed by atoms with Crippen LogP contribution in [0, 0.1) is 12.8 Å². The van der Waals surface area contributed by atoms with Gasteiger partial charge in [-0.25, -0.2) is 12.7 Å². The summed E-state index contributed by atoms with van der Waals surface area (Å²) in [5.41, 5.74) is 1.38. The summed E-state index contributed by atoms with van der Waals surface area (Å²) in [5, 5.41) is 0. The molecule has 0 unspecified atom stereocenters. The number of rotatable bonds is 4. The molecule has 1 aliphatic carbocycles. The molecule has 4 nitrogen and oxygen atoms in total. The number of aryl methyl sites for hydroxylation is 1. The normalized spacial score (nSPS) is 15.7. The summed E-state index contributed by atoms with van der Waals surface area (Å²) in [4.78, 5) is 13.3. The zero-order chi connectivity index (χ0) is 17.9. The molecule has 1 saturated carbocycles. The molecule has 25 heavy (non-hydrogen) atoms. The number of sulfonamides is 1. The van der Waals surface area contributed by atoms with Gasteiger partial charge in [-0.1, -0.05) is 55.2 Å². The topological polar surface area (TPSA) is 54.5 Å². The van der Waals surface area contributed by atoms with Crippen LogP contribution in [0.1, 0.15) is 37.7 Å². The van der Waals surface area contributed by atoms with Crippen LogP contribution in [0.4, 0.5) is 5.69 Å². The lowest BCUT2D eigenvalue weighted by Crippen LogP contribution is -2.41. The standard InChI is InChI=1S/C20H23NO3S/c1-16-12-14-19(15-13-16)25(23,24)21(18-10-6-3-7-11-18)20(22)17-8-4-2-5-9-17/h3,6-7,10-15,17H,2,4-5,8-9H2,1H3. The van der Waals surface area contributed by atoms with Crippen molar-refractivity contribution in [1.82, 2.24) is 0 Å². The summed E-state index contributed by atoms with van der Waals surface area (Å²) in [6.07, 6.45) is 4.57. The quantitative estimate of drug-likeness (QED) is 0.820. The van der Waals surface area contributed by atoms with Gasteiger partial charge in [0, 0.05) is 5.92 Å². The SMILES string of the molecule is Cc1ccc(S(=O)(=O)N(C(=O)C2CCCCC2)c2ccccc2)cc1. The first-order valence-corrected chi connectivity index (χ1v) is 10.1. The number of benzene rings is 2. The summed E-state index contributed by atoms with van der Waals surface area (Å²) in [6, 6.07) is 15.3. The predicted molar refractivity (Wildman–Crippen MR) is 98.9 cm³/mol. The second-order valence-corrected chi connectivity index (χ2v) is 8.38. The first-order valence-electron chi connectivity index (χ1n) is 8.71. The minimum Gasteiger partial charge on any atom is -0.273 e. The maximum Gasteiger partial charge on any atom is 0.270 e. The molecule has 0 saturated heterocycles. The minimum absolute atomic E-state index is 0.145. The maximum absolute atomic E-state index is 13.2. The van der Waals surface area contributed by atoms with Crippen molar-refractivity contribution in [3.8, 4) is 0 Å². The fourth-order valence-electron chi connectivity index (χ4n) is 3.28. The predicted octanol–water partition coefficient (Wildman–Crippen LogP) is 4.30. The van der Waals surface area contributed by atoms with Crippen molar-refractivity contribution in [1.29, 1.82) is 0 Å². The molecule has 1 fully saturated rings. The number of hydrogen-bond donors (Lipinski definition) is 0. The zero-order valence-corrected chi connectivity index (χ0v) is 15.2. The van der Waals surface area contributed by atoms with Gasteiger partial charge in [-0.2, -0.15) is 0 Å². The molecule has 0 heterocycles. The van der Waals surface area contributed by atoms with Gasteiger partial charge >= 0.3 is 0 Å². The molecule has 0 radical (unpaired) electrons. The van der Waals surface area contributed by atoms with Crippen molar-refractivity contribution in [3.05, 3.63) is 60.2 Å². The first kappa shape index (κ1) is 17.7. The van der Waals surface area contributed by atoms with Gasteiger partial charge in [0.25, 0.3) is 10.0 Å². The van der Waals surface area contributed by atoms with Crippen LogP contribution in [0.2, 0.25) is 0 Å². The molecule has 0 spiro atoms. The third-order valence-electron chi connectivity index (χ3n) is 4.70. The first-order chi connectivity index (χ1) is 12.0. The molecule has 0 aliphatic heterocycles. The van der Waals surface area contributed by atoms with E-state index in [4.69, 9.17) is 0 Å². The molecule has 0 aromatic heterocycles. The van der Waals surface area contributed by atoms with Crippen LogP contribution in [0.15, 0.2) is 59.5 Å². The zero-order valence-electron chi connectivity index (χ0n) is 14.4. The van der Waals surface area contributed by atoms with Crippen LogP contribution in [0.25, 0.3) is 0 Å². The largest absolute Gasteiger partial charge is 0.273 e. The van der Waals surface area contributed by atoms with Crippen molar-refractivity contribution in [3.63, 3.8) is 0 Å². The molecular formula is C20H23NO3S. The Bertz CT molecular complexity index is 823. The Hall–Kier alpha value is -2.14. The van der Waals surface area contributed by atoms with E-state index in [9.17, 15) is 13.2 Å². The van der Waals surface area contributed by atoms with E-state index in [0.717, 1.165) is 42.0 Å². The number of nitrogens with zero attached hydrogens (tertiary/aromatic N) is 1. The molecule has 1 amide bonds. The van der Waals surface area contributed by atoms with Gasteiger partial charge in [-0.05, 0) is 44.0 Å². The van der Waals surface area contributed by atoms with Crippen molar-refractivity contribution >= 4 is 21.6 Å². The van der Waals surface area contributed by atoms with Crippen LogP contribution in [-0.4, -0.2) is 14.3 Å². The molecule has 0 N–H and O–H groups in total. The van der Waals surface area contributed by atoms with Gasteiger partial charge in [0.05, 0.1) is 10.6 Å². The monoisotopic (exact) mass is 357 g/mol. The second kappa shape index (κ2) is 7.40. The van der Waals surface area contributed by atoms with Crippen LogP contribution in [-0.2, 0) is 14.8 Å². The summed E-state index contributed by atoms with van der Waals surface area (Å²) >= 11 is 0. The van der Waals surface area contributed by atoms with E-state index in [0.29, 0.717) is 5.69 Å². The third-order valence-corrected chi connectivity index (χ3v) is 6.44. The number of anilines is 1. The average molecular weight is 357 g/mol. The van der Waals surface area contributed by atoms with E-state index >= 15 is 0 Å². The Kier molecular flexibility index (Phi) is 5.23. The maximum atomic E-state index is 13.2. The molecule has 2 aromatic rings. The Morgan fingerprint density at radius 1 is 0.920 bits per heavy atom. The van der Waals surface area contributed by atoms with E-state index in [1.54, 1.807) is 48.5 Å². The summed E-state index contributed by atoms with van der Waals surface area (Å²) in [6.45, 7) is 1.90. The van der Waals surface area contributed by atoms with Crippen molar-refractivity contribution < 1.29 is 13.2 Å². The number of amides is 1. The summed E-state index contributed by atoms with van der Waals surface area (Å²) in [7, 11) is -3.94. The molecule has 132 valence electrons. The van der Waals surface area contributed by atoms with Gasteiger partial charge < -0.3 is 0 Å².